The third kappa shape index (κ3) is 10.5. The Morgan fingerprint density at radius 1 is 1.12 bits per heavy atom. The molecule has 0 aliphatic rings. The van der Waals surface area contributed by atoms with Crippen molar-refractivity contribution in [3.05, 3.63) is 0 Å². The number of rotatable bonds is 2. The fourth-order valence-corrected chi connectivity index (χ4v) is 4.59. The average molecular weight is 531 g/mol. The first-order valence-corrected chi connectivity index (χ1v) is 12.4. The molecule has 0 rings (SSSR count). The van der Waals surface area contributed by atoms with E-state index in [4.69, 9.17) is 10.5 Å². The Morgan fingerprint density at radius 2 is 1.50 bits per heavy atom. The van der Waals surface area contributed by atoms with Crippen molar-refractivity contribution in [3.8, 4) is 10.8 Å². The third-order valence-corrected chi connectivity index (χ3v) is 8.98. The largest absolute Gasteiger partial charge is 0 e. The van der Waals surface area contributed by atoms with Crippen molar-refractivity contribution < 1.29 is 0 Å². The summed E-state index contributed by atoms with van der Waals surface area (Å²) in [6.07, 6.45) is 0. The Labute approximate surface area is 85.1 Å². The summed E-state index contributed by atoms with van der Waals surface area (Å²) in [5.74, 6) is 0. The van der Waals surface area contributed by atoms with Crippen LogP contribution in [0.2, 0.25) is 0 Å². The Kier molecular flexibility index (Phi) is 17.3. The van der Waals surface area contributed by atoms with Crippen LogP contribution in [-0.2, 0) is 0 Å². The van der Waals surface area contributed by atoms with Gasteiger partial charge in [0.1, 0.15) is 0 Å². The second-order valence-electron chi connectivity index (χ2n) is 0.470. The van der Waals surface area contributed by atoms with Gasteiger partial charge in [-0.2, -0.15) is 0 Å². The topological polar surface area (TPSA) is 47.6 Å². The van der Waals surface area contributed by atoms with E-state index in [1.165, 1.54) is 16.6 Å². The van der Waals surface area contributed by atoms with Crippen molar-refractivity contribution in [2.45, 2.75) is 0 Å². The van der Waals surface area contributed by atoms with Gasteiger partial charge in [-0.15, -0.1) is 0 Å². The molecule has 0 fully saturated rings. The molecular weight excluding hydrogens is 531 g/mol. The molecule has 0 aromatic heterocycles. The van der Waals surface area contributed by atoms with Crippen LogP contribution in [0.4, 0.5) is 0 Å². The Morgan fingerprint density at radius 3 is 1.75 bits per heavy atom. The summed E-state index contributed by atoms with van der Waals surface area (Å²) >= 11 is -0.888. The minimum absolute atomic E-state index is 0. The van der Waals surface area contributed by atoms with Crippen molar-refractivity contribution in [1.29, 1.82) is 10.5 Å². The van der Waals surface area contributed by atoms with E-state index in [2.05, 4.69) is 0 Å². The van der Waals surface area contributed by atoms with E-state index >= 15 is 0 Å². The van der Waals surface area contributed by atoms with Crippen LogP contribution in [0.5, 0.6) is 0 Å². The van der Waals surface area contributed by atoms with Crippen molar-refractivity contribution >= 4 is 65.2 Å². The van der Waals surface area contributed by atoms with Crippen LogP contribution < -0.4 is 0 Å². The fourth-order valence-electron chi connectivity index (χ4n) is 0.0581. The molecule has 0 heterocycles. The summed E-state index contributed by atoms with van der Waals surface area (Å²) in [5, 5.41) is 19.7. The number of hydrogen-bond acceptors (Lipinski definition) is 4. The molecule has 0 spiro atoms. The maximum absolute atomic E-state index is 7.93. The summed E-state index contributed by atoms with van der Waals surface area (Å²) in [5.41, 5.74) is 0. The van der Waals surface area contributed by atoms with Gasteiger partial charge < -0.3 is 0 Å². The van der Waals surface area contributed by atoms with Crippen LogP contribution in [0, 0.1) is 21.3 Å². The number of nitriles is 2. The van der Waals surface area contributed by atoms with Gasteiger partial charge in [-0.3, -0.25) is 0 Å². The summed E-state index contributed by atoms with van der Waals surface area (Å²) in [4.78, 5) is 0. The number of thiocyanates is 2. The van der Waals surface area contributed by atoms with Gasteiger partial charge in [-0.25, -0.2) is 0 Å². The molecule has 0 amide bonds. The summed E-state index contributed by atoms with van der Waals surface area (Å²) < 4.78 is 0. The van der Waals surface area contributed by atoms with Crippen LogP contribution in [0.1, 0.15) is 0 Å². The second kappa shape index (κ2) is 11.3. The van der Waals surface area contributed by atoms with Crippen LogP contribution in [0.3, 0.4) is 0 Å². The Balaban J connectivity index is 0. The third-order valence-electron chi connectivity index (χ3n) is 0.175. The molecule has 2 nitrogen and oxygen atoms in total. The molecule has 6 radical (unpaired) electrons. The molecule has 0 aliphatic carbocycles. The summed E-state index contributed by atoms with van der Waals surface area (Å²) in [7, 11) is 2.55. The smallest absolute Gasteiger partial charge is 0 e. The molecule has 0 saturated carbocycles. The van der Waals surface area contributed by atoms with Crippen LogP contribution >= 0.6 is 16.6 Å². The zero-order valence-electron chi connectivity index (χ0n) is 3.71. The zero-order chi connectivity index (χ0) is 5.54. The summed E-state index contributed by atoms with van der Waals surface area (Å²) in [6, 6.07) is 0. The van der Waals surface area contributed by atoms with E-state index in [-0.39, 0.29) is 27.3 Å². The molecule has 6 heteroatoms. The average Bonchev–Trinajstić information content (AvgIpc) is 1.69. The monoisotopic (exact) mass is 532 g/mol. The van der Waals surface area contributed by atoms with Crippen LogP contribution in [-0.4, -0.2) is 48.5 Å². The molecule has 0 bridgehead atoms. The van der Waals surface area contributed by atoms with Crippen LogP contribution in [0.25, 0.3) is 0 Å². The van der Waals surface area contributed by atoms with Gasteiger partial charge in [-0.05, 0) is 0 Å². The molecule has 8 heavy (non-hydrogen) atoms. The van der Waals surface area contributed by atoms with Crippen LogP contribution in [0.15, 0.2) is 0 Å². The normalized spacial score (nSPS) is 5.75. The predicted octanol–water partition coefficient (Wildman–Crippen LogP) is 0.568. The predicted molar refractivity (Wildman–Crippen MR) is 37.9 cm³/mol. The van der Waals surface area contributed by atoms with Crippen molar-refractivity contribution in [1.82, 2.24) is 0 Å². The molecule has 0 saturated heterocycles. The van der Waals surface area contributed by atoms with Gasteiger partial charge in [0.25, 0.3) is 0 Å². The number of hydrogen-bond donors (Lipinski definition) is 0. The van der Waals surface area contributed by atoms with Crippen molar-refractivity contribution in [2.24, 2.45) is 0 Å². The Hall–Kier alpha value is 1.52. The fraction of sp³-hybridized carbons (Fsp3) is 0. The van der Waals surface area contributed by atoms with Gasteiger partial charge in [0.05, 0.1) is 0 Å². The molecule has 0 aromatic carbocycles. The van der Waals surface area contributed by atoms with Gasteiger partial charge >= 0.3 is 59.2 Å². The molecule has 0 aromatic rings. The van der Waals surface area contributed by atoms with Gasteiger partial charge in [-0.1, -0.05) is 0 Å². The van der Waals surface area contributed by atoms with Crippen molar-refractivity contribution in [2.75, 3.05) is 0 Å². The standard InChI is InChI=1S/2CHNS.2Pb/c2*2-1-3;;/h2*3H;;/q;;;+2/p-2. The molecular formula is C2N2Pb2S2. The van der Waals surface area contributed by atoms with Gasteiger partial charge in [0, 0.05) is 27.3 Å². The first-order valence-electron chi connectivity index (χ1n) is 1.26. The molecule has 0 N–H and O–H groups in total. The van der Waals surface area contributed by atoms with E-state index in [0.717, 1.165) is 0 Å². The van der Waals surface area contributed by atoms with E-state index < -0.39 is 21.2 Å². The van der Waals surface area contributed by atoms with Gasteiger partial charge in [0.15, 0.2) is 0 Å². The van der Waals surface area contributed by atoms with Crippen molar-refractivity contribution in [3.63, 3.8) is 0 Å². The van der Waals surface area contributed by atoms with E-state index in [0.29, 0.717) is 0 Å². The quantitative estimate of drug-likeness (QED) is 0.298. The molecule has 0 unspecified atom stereocenters. The molecule has 38 valence electrons. The van der Waals surface area contributed by atoms with E-state index in [1.54, 1.807) is 0 Å². The second-order valence-corrected chi connectivity index (χ2v) is 12.5. The first-order chi connectivity index (χ1) is 3.41. The molecule has 0 aliphatic heterocycles. The van der Waals surface area contributed by atoms with Gasteiger partial charge in [0.2, 0.25) is 0 Å². The van der Waals surface area contributed by atoms with E-state index in [9.17, 15) is 0 Å². The summed E-state index contributed by atoms with van der Waals surface area (Å²) in [6.45, 7) is 0. The maximum atomic E-state index is 7.93. The number of nitrogens with zero attached hydrogens (tertiary/aromatic N) is 2. The maximum Gasteiger partial charge on any atom is 0 e. The SMILES string of the molecule is N#C[S][Pb][S]C#N.[Pb]. The van der Waals surface area contributed by atoms with E-state index in [1.807, 2.05) is 10.8 Å². The first kappa shape index (κ1) is 12.2. The zero-order valence-corrected chi connectivity index (χ0v) is 13.1. The Bertz CT molecular complexity index is 100. The minimum Gasteiger partial charge on any atom is 0 e. The molecule has 0 atom stereocenters. The minimum atomic E-state index is -0.888.